The second kappa shape index (κ2) is 6.36. The van der Waals surface area contributed by atoms with Gasteiger partial charge in [-0.15, -0.1) is 11.8 Å². The van der Waals surface area contributed by atoms with Crippen molar-refractivity contribution >= 4 is 17.4 Å². The molecule has 2 aromatic rings. The topological polar surface area (TPSA) is 12.0 Å². The van der Waals surface area contributed by atoms with Crippen LogP contribution in [-0.4, -0.2) is 11.8 Å². The Kier molecular flexibility index (Phi) is 4.31. The van der Waals surface area contributed by atoms with E-state index >= 15 is 0 Å². The molecule has 0 saturated carbocycles. The zero-order valence-corrected chi connectivity index (χ0v) is 12.7. The fourth-order valence-corrected chi connectivity index (χ4v) is 3.93. The number of nitrogens with one attached hydrogen (secondary N) is 1. The van der Waals surface area contributed by atoms with Crippen LogP contribution in [0.1, 0.15) is 24.5 Å². The number of thioether (sulfide) groups is 1. The molecule has 1 unspecified atom stereocenters. The Morgan fingerprint density at radius 2 is 1.90 bits per heavy atom. The highest BCUT2D eigenvalue weighted by Crippen LogP contribution is 2.36. The molecule has 0 aromatic heterocycles. The molecule has 1 heterocycles. The van der Waals surface area contributed by atoms with E-state index in [2.05, 4.69) is 60.8 Å². The highest BCUT2D eigenvalue weighted by atomic mass is 32.2. The molecule has 0 aliphatic carbocycles. The van der Waals surface area contributed by atoms with Crippen molar-refractivity contribution in [2.75, 3.05) is 11.9 Å². The van der Waals surface area contributed by atoms with Gasteiger partial charge in [-0.25, -0.2) is 0 Å². The third-order valence-electron chi connectivity index (χ3n) is 3.74. The van der Waals surface area contributed by atoms with Crippen molar-refractivity contribution in [2.24, 2.45) is 0 Å². The van der Waals surface area contributed by atoms with Gasteiger partial charge in [-0.05, 0) is 42.2 Å². The first-order valence-corrected chi connectivity index (χ1v) is 8.30. The highest BCUT2D eigenvalue weighted by Gasteiger charge is 2.21. The van der Waals surface area contributed by atoms with Gasteiger partial charge in [0.2, 0.25) is 0 Å². The van der Waals surface area contributed by atoms with Gasteiger partial charge in [0.1, 0.15) is 0 Å². The fourth-order valence-electron chi connectivity index (χ4n) is 2.68. The zero-order valence-electron chi connectivity index (χ0n) is 11.9. The van der Waals surface area contributed by atoms with Crippen molar-refractivity contribution in [1.29, 1.82) is 0 Å². The summed E-state index contributed by atoms with van der Waals surface area (Å²) in [6, 6.07) is 17.7. The van der Waals surface area contributed by atoms with Gasteiger partial charge in [-0.2, -0.15) is 0 Å². The van der Waals surface area contributed by atoms with Crippen LogP contribution in [-0.2, 0) is 12.8 Å². The summed E-state index contributed by atoms with van der Waals surface area (Å²) < 4.78 is 0. The molecule has 2 heteroatoms. The maximum Gasteiger partial charge on any atom is 0.0340 e. The summed E-state index contributed by atoms with van der Waals surface area (Å²) in [6.45, 7) is 3.26. The second-order valence-corrected chi connectivity index (χ2v) is 6.72. The van der Waals surface area contributed by atoms with Gasteiger partial charge in [-0.1, -0.05) is 43.7 Å². The number of aryl methyl sites for hydroxylation is 1. The maximum atomic E-state index is 3.57. The Morgan fingerprint density at radius 1 is 1.10 bits per heavy atom. The standard InChI is InChI=1S/C18H21NS/c1-2-5-14-8-10-16(11-9-14)19-13-17-12-15-6-3-4-7-18(15)20-17/h3-4,6-11,17,19H,2,5,12-13H2,1H3. The molecule has 1 atom stereocenters. The van der Waals surface area contributed by atoms with Gasteiger partial charge in [-0.3, -0.25) is 0 Å². The molecule has 1 aliphatic heterocycles. The highest BCUT2D eigenvalue weighted by molar-refractivity contribution is 8.00. The molecular weight excluding hydrogens is 262 g/mol. The summed E-state index contributed by atoms with van der Waals surface area (Å²) in [5.41, 5.74) is 4.17. The van der Waals surface area contributed by atoms with E-state index in [0.29, 0.717) is 5.25 Å². The van der Waals surface area contributed by atoms with Gasteiger partial charge in [0.15, 0.2) is 0 Å². The molecule has 0 amide bonds. The van der Waals surface area contributed by atoms with Gasteiger partial charge in [0, 0.05) is 22.4 Å². The summed E-state index contributed by atoms with van der Waals surface area (Å²) in [5.74, 6) is 0. The number of hydrogen-bond donors (Lipinski definition) is 1. The summed E-state index contributed by atoms with van der Waals surface area (Å²) in [6.07, 6.45) is 3.57. The Hall–Kier alpha value is -1.41. The number of fused-ring (bicyclic) bond motifs is 1. The van der Waals surface area contributed by atoms with E-state index in [1.165, 1.54) is 41.0 Å². The van der Waals surface area contributed by atoms with Gasteiger partial charge >= 0.3 is 0 Å². The van der Waals surface area contributed by atoms with Crippen LogP contribution in [0.25, 0.3) is 0 Å². The minimum absolute atomic E-state index is 0.655. The summed E-state index contributed by atoms with van der Waals surface area (Å²) in [4.78, 5) is 1.46. The monoisotopic (exact) mass is 283 g/mol. The Balaban J connectivity index is 1.53. The van der Waals surface area contributed by atoms with E-state index in [4.69, 9.17) is 0 Å². The predicted octanol–water partition coefficient (Wildman–Crippen LogP) is 4.77. The van der Waals surface area contributed by atoms with Crippen molar-refractivity contribution in [3.63, 3.8) is 0 Å². The maximum absolute atomic E-state index is 3.57. The first-order chi connectivity index (χ1) is 9.85. The lowest BCUT2D eigenvalue weighted by Crippen LogP contribution is -2.15. The van der Waals surface area contributed by atoms with Crippen LogP contribution < -0.4 is 5.32 Å². The SMILES string of the molecule is CCCc1ccc(NCC2Cc3ccccc3S2)cc1. The first-order valence-electron chi connectivity index (χ1n) is 7.42. The van der Waals surface area contributed by atoms with Crippen molar-refractivity contribution in [3.8, 4) is 0 Å². The molecule has 2 aromatic carbocycles. The van der Waals surface area contributed by atoms with Crippen molar-refractivity contribution in [3.05, 3.63) is 59.7 Å². The normalized spacial score (nSPS) is 16.9. The van der Waals surface area contributed by atoms with E-state index in [1.807, 2.05) is 11.8 Å². The third-order valence-corrected chi connectivity index (χ3v) is 5.06. The largest absolute Gasteiger partial charge is 0.384 e. The number of anilines is 1. The number of benzene rings is 2. The average Bonchev–Trinajstić information content (AvgIpc) is 2.90. The quantitative estimate of drug-likeness (QED) is 0.848. The lowest BCUT2D eigenvalue weighted by Gasteiger charge is -2.11. The van der Waals surface area contributed by atoms with Crippen LogP contribution in [0, 0.1) is 0 Å². The van der Waals surface area contributed by atoms with Crippen molar-refractivity contribution in [2.45, 2.75) is 36.3 Å². The number of hydrogen-bond acceptors (Lipinski definition) is 2. The van der Waals surface area contributed by atoms with Gasteiger partial charge in [0.25, 0.3) is 0 Å². The van der Waals surface area contributed by atoms with Gasteiger partial charge in [0.05, 0.1) is 0 Å². The molecule has 0 radical (unpaired) electrons. The van der Waals surface area contributed by atoms with Gasteiger partial charge < -0.3 is 5.32 Å². The smallest absolute Gasteiger partial charge is 0.0340 e. The minimum Gasteiger partial charge on any atom is -0.384 e. The summed E-state index contributed by atoms with van der Waals surface area (Å²) in [7, 11) is 0. The van der Waals surface area contributed by atoms with Crippen LogP contribution in [0.3, 0.4) is 0 Å². The summed E-state index contributed by atoms with van der Waals surface area (Å²) >= 11 is 2.00. The Labute approximate surface area is 125 Å². The molecule has 3 rings (SSSR count). The molecule has 0 fully saturated rings. The molecule has 0 spiro atoms. The third kappa shape index (κ3) is 3.18. The number of rotatable bonds is 5. The van der Waals surface area contributed by atoms with E-state index in [1.54, 1.807) is 0 Å². The molecule has 1 N–H and O–H groups in total. The zero-order chi connectivity index (χ0) is 13.8. The average molecular weight is 283 g/mol. The molecule has 1 nitrogen and oxygen atoms in total. The molecule has 1 aliphatic rings. The Morgan fingerprint density at radius 3 is 2.65 bits per heavy atom. The lowest BCUT2D eigenvalue weighted by atomic mass is 10.1. The van der Waals surface area contributed by atoms with E-state index in [-0.39, 0.29) is 0 Å². The fraction of sp³-hybridized carbons (Fsp3) is 0.333. The van der Waals surface area contributed by atoms with Crippen LogP contribution in [0.15, 0.2) is 53.4 Å². The van der Waals surface area contributed by atoms with E-state index < -0.39 is 0 Å². The molecular formula is C18H21NS. The van der Waals surface area contributed by atoms with Crippen LogP contribution in [0.5, 0.6) is 0 Å². The van der Waals surface area contributed by atoms with Crippen LogP contribution >= 0.6 is 11.8 Å². The minimum atomic E-state index is 0.655. The van der Waals surface area contributed by atoms with Crippen LogP contribution in [0.4, 0.5) is 5.69 Å². The lowest BCUT2D eigenvalue weighted by molar-refractivity contribution is 0.898. The predicted molar refractivity (Wildman–Crippen MR) is 88.7 cm³/mol. The Bertz CT molecular complexity index is 537. The van der Waals surface area contributed by atoms with Crippen LogP contribution in [0.2, 0.25) is 0 Å². The van der Waals surface area contributed by atoms with E-state index in [0.717, 1.165) is 6.54 Å². The molecule has 0 saturated heterocycles. The first kappa shape index (κ1) is 13.6. The van der Waals surface area contributed by atoms with Crippen molar-refractivity contribution in [1.82, 2.24) is 0 Å². The molecule has 104 valence electrons. The van der Waals surface area contributed by atoms with Crippen molar-refractivity contribution < 1.29 is 0 Å². The van der Waals surface area contributed by atoms with E-state index in [9.17, 15) is 0 Å². The molecule has 0 bridgehead atoms. The molecule has 20 heavy (non-hydrogen) atoms. The second-order valence-electron chi connectivity index (χ2n) is 5.38. The summed E-state index contributed by atoms with van der Waals surface area (Å²) in [5, 5.41) is 4.23.